The molecule has 2 N–H and O–H groups in total. The van der Waals surface area contributed by atoms with Gasteiger partial charge in [-0.2, -0.15) is 0 Å². The first-order valence-corrected chi connectivity index (χ1v) is 6.62. The number of halogens is 1. The van der Waals surface area contributed by atoms with E-state index in [4.69, 9.17) is 17.3 Å². The van der Waals surface area contributed by atoms with Crippen molar-refractivity contribution in [1.82, 2.24) is 4.98 Å². The Morgan fingerprint density at radius 1 is 1.29 bits per heavy atom. The molecule has 0 bridgehead atoms. The summed E-state index contributed by atoms with van der Waals surface area (Å²) in [6, 6.07) is 9.56. The second-order valence-corrected chi connectivity index (χ2v) is 5.11. The van der Waals surface area contributed by atoms with Gasteiger partial charge in [0.05, 0.1) is 10.7 Å². The van der Waals surface area contributed by atoms with E-state index in [0.29, 0.717) is 5.02 Å². The number of nitrogens with two attached hydrogens (primary N) is 1. The Morgan fingerprint density at radius 3 is 2.82 bits per heavy atom. The van der Waals surface area contributed by atoms with E-state index in [1.807, 2.05) is 24.3 Å². The van der Waals surface area contributed by atoms with Crippen molar-refractivity contribution in [3.8, 4) is 0 Å². The molecular formula is C13H13ClN2S. The molecule has 1 aromatic carbocycles. The van der Waals surface area contributed by atoms with Crippen molar-refractivity contribution >= 4 is 29.1 Å². The highest BCUT2D eigenvalue weighted by Crippen LogP contribution is 2.34. The van der Waals surface area contributed by atoms with E-state index in [2.05, 4.69) is 18.0 Å². The minimum atomic E-state index is 0.698. The molecule has 0 atom stereocenters. The molecule has 0 aliphatic carbocycles. The largest absolute Gasteiger partial charge is 0.398 e. The highest BCUT2D eigenvalue weighted by molar-refractivity contribution is 7.98. The first-order chi connectivity index (χ1) is 8.18. The van der Waals surface area contributed by atoms with Crippen LogP contribution in [0.1, 0.15) is 11.3 Å². The van der Waals surface area contributed by atoms with Gasteiger partial charge in [0, 0.05) is 22.5 Å². The molecular weight excluding hydrogens is 252 g/mol. The molecule has 0 aliphatic heterocycles. The molecule has 0 saturated carbocycles. The third-order valence-corrected chi connectivity index (χ3v) is 4.06. The number of rotatable bonds is 3. The molecule has 2 rings (SSSR count). The highest BCUT2D eigenvalue weighted by Gasteiger charge is 2.07. The van der Waals surface area contributed by atoms with Crippen molar-refractivity contribution in [2.24, 2.45) is 0 Å². The third-order valence-electron chi connectivity index (χ3n) is 2.47. The van der Waals surface area contributed by atoms with Crippen LogP contribution < -0.4 is 5.73 Å². The average molecular weight is 265 g/mol. The summed E-state index contributed by atoms with van der Waals surface area (Å²) in [4.78, 5) is 5.28. The van der Waals surface area contributed by atoms with Crippen LogP contribution in [-0.4, -0.2) is 4.98 Å². The Hall–Kier alpha value is -1.19. The highest BCUT2D eigenvalue weighted by atomic mass is 35.5. The fourth-order valence-electron chi connectivity index (χ4n) is 1.49. The molecule has 0 aliphatic rings. The van der Waals surface area contributed by atoms with Gasteiger partial charge < -0.3 is 5.73 Å². The minimum absolute atomic E-state index is 0.698. The summed E-state index contributed by atoms with van der Waals surface area (Å²) in [7, 11) is 0. The maximum atomic E-state index is 6.11. The van der Waals surface area contributed by atoms with Gasteiger partial charge in [0.2, 0.25) is 0 Å². The number of aryl methyl sites for hydroxylation is 1. The van der Waals surface area contributed by atoms with E-state index in [9.17, 15) is 0 Å². The number of pyridine rings is 1. The first kappa shape index (κ1) is 12.3. The summed E-state index contributed by atoms with van der Waals surface area (Å²) in [5, 5.41) is 0.698. The lowest BCUT2D eigenvalue weighted by Gasteiger charge is -2.08. The monoisotopic (exact) mass is 264 g/mol. The molecule has 0 amide bonds. The molecule has 17 heavy (non-hydrogen) atoms. The van der Waals surface area contributed by atoms with Crippen LogP contribution in [0.4, 0.5) is 5.69 Å². The van der Waals surface area contributed by atoms with E-state index in [1.165, 1.54) is 5.56 Å². The number of nitrogen functional groups attached to an aromatic ring is 1. The van der Waals surface area contributed by atoms with E-state index >= 15 is 0 Å². The summed E-state index contributed by atoms with van der Waals surface area (Å²) in [6.07, 6.45) is 1.80. The maximum Gasteiger partial charge on any atom is 0.0562 e. The molecule has 4 heteroatoms. The second-order valence-electron chi connectivity index (χ2n) is 3.71. The average Bonchev–Trinajstić information content (AvgIpc) is 2.30. The first-order valence-electron chi connectivity index (χ1n) is 5.26. The van der Waals surface area contributed by atoms with Gasteiger partial charge in [-0.25, -0.2) is 0 Å². The third kappa shape index (κ3) is 2.93. The Bertz CT molecular complexity index is 508. The van der Waals surface area contributed by atoms with Crippen molar-refractivity contribution in [1.29, 1.82) is 0 Å². The Morgan fingerprint density at radius 2 is 2.12 bits per heavy atom. The normalized spacial score (nSPS) is 10.5. The van der Waals surface area contributed by atoms with Crippen LogP contribution in [0.2, 0.25) is 5.02 Å². The van der Waals surface area contributed by atoms with Crippen LogP contribution in [0.3, 0.4) is 0 Å². The van der Waals surface area contributed by atoms with E-state index in [0.717, 1.165) is 22.0 Å². The van der Waals surface area contributed by atoms with Crippen LogP contribution in [0.15, 0.2) is 41.4 Å². The van der Waals surface area contributed by atoms with Crippen LogP contribution in [0, 0.1) is 6.92 Å². The molecule has 88 valence electrons. The fourth-order valence-corrected chi connectivity index (χ4v) is 2.86. The zero-order chi connectivity index (χ0) is 12.3. The molecule has 2 nitrogen and oxygen atoms in total. The topological polar surface area (TPSA) is 38.9 Å². The number of hydrogen-bond acceptors (Lipinski definition) is 3. The molecule has 0 unspecified atom stereocenters. The maximum absolute atomic E-state index is 6.11. The number of thioether (sulfide) groups is 1. The van der Waals surface area contributed by atoms with Crippen molar-refractivity contribution in [2.75, 3.05) is 5.73 Å². The van der Waals surface area contributed by atoms with Gasteiger partial charge in [-0.3, -0.25) is 4.98 Å². The van der Waals surface area contributed by atoms with Gasteiger partial charge in [-0.1, -0.05) is 23.7 Å². The van der Waals surface area contributed by atoms with Gasteiger partial charge in [-0.15, -0.1) is 11.8 Å². The number of hydrogen-bond donors (Lipinski definition) is 1. The Kier molecular flexibility index (Phi) is 3.92. The van der Waals surface area contributed by atoms with Crippen molar-refractivity contribution in [3.05, 3.63) is 52.8 Å². The second kappa shape index (κ2) is 5.43. The molecule has 0 radical (unpaired) electrons. The van der Waals surface area contributed by atoms with Crippen LogP contribution in [0.25, 0.3) is 0 Å². The van der Waals surface area contributed by atoms with Crippen LogP contribution in [-0.2, 0) is 5.75 Å². The van der Waals surface area contributed by atoms with E-state index in [1.54, 1.807) is 18.0 Å². The van der Waals surface area contributed by atoms with Gasteiger partial charge >= 0.3 is 0 Å². The zero-order valence-electron chi connectivity index (χ0n) is 9.48. The fraction of sp³-hybridized carbons (Fsp3) is 0.154. The van der Waals surface area contributed by atoms with Crippen molar-refractivity contribution in [2.45, 2.75) is 17.6 Å². The standard InChI is InChI=1S/C13H13ClN2S/c1-9-4-3-7-16-12(9)8-17-13-10(14)5-2-6-11(13)15/h2-7H,8,15H2,1H3. The molecule has 0 saturated heterocycles. The van der Waals surface area contributed by atoms with Crippen molar-refractivity contribution < 1.29 is 0 Å². The number of anilines is 1. The Balaban J connectivity index is 2.16. The summed E-state index contributed by atoms with van der Waals surface area (Å²) in [5.41, 5.74) is 8.87. The lowest BCUT2D eigenvalue weighted by molar-refractivity contribution is 1.13. The zero-order valence-corrected chi connectivity index (χ0v) is 11.1. The number of nitrogens with zero attached hydrogens (tertiary/aromatic N) is 1. The summed E-state index contributed by atoms with van der Waals surface area (Å²) in [5.74, 6) is 0.778. The summed E-state index contributed by atoms with van der Waals surface area (Å²) in [6.45, 7) is 2.05. The van der Waals surface area contributed by atoms with Crippen molar-refractivity contribution in [3.63, 3.8) is 0 Å². The predicted molar refractivity (Wildman–Crippen MR) is 74.4 cm³/mol. The SMILES string of the molecule is Cc1cccnc1CSc1c(N)cccc1Cl. The summed E-state index contributed by atoms with van der Waals surface area (Å²) < 4.78 is 0. The van der Waals surface area contributed by atoms with E-state index < -0.39 is 0 Å². The van der Waals surface area contributed by atoms with Gasteiger partial charge in [0.1, 0.15) is 0 Å². The van der Waals surface area contributed by atoms with Crippen LogP contribution >= 0.6 is 23.4 Å². The molecule has 0 spiro atoms. The molecule has 2 aromatic rings. The van der Waals surface area contributed by atoms with Gasteiger partial charge in [0.25, 0.3) is 0 Å². The number of benzene rings is 1. The van der Waals surface area contributed by atoms with E-state index in [-0.39, 0.29) is 0 Å². The Labute approximate surface area is 110 Å². The summed E-state index contributed by atoms with van der Waals surface area (Å²) >= 11 is 7.74. The predicted octanol–water partition coefficient (Wildman–Crippen LogP) is 3.92. The number of aromatic nitrogens is 1. The minimum Gasteiger partial charge on any atom is -0.398 e. The lowest BCUT2D eigenvalue weighted by atomic mass is 10.2. The quantitative estimate of drug-likeness (QED) is 0.675. The molecule has 1 heterocycles. The van der Waals surface area contributed by atoms with Gasteiger partial charge in [0.15, 0.2) is 0 Å². The van der Waals surface area contributed by atoms with Gasteiger partial charge in [-0.05, 0) is 30.7 Å². The molecule has 1 aromatic heterocycles. The molecule has 0 fully saturated rings. The van der Waals surface area contributed by atoms with Crippen LogP contribution in [0.5, 0.6) is 0 Å². The smallest absolute Gasteiger partial charge is 0.0562 e. The lowest BCUT2D eigenvalue weighted by Crippen LogP contribution is -1.93.